The molecule has 0 bridgehead atoms. The van der Waals surface area contributed by atoms with Crippen LogP contribution in [0.15, 0.2) is 34.9 Å². The van der Waals surface area contributed by atoms with Crippen LogP contribution in [-0.2, 0) is 25.5 Å². The number of nitrogens with zero attached hydrogens (tertiary/aromatic N) is 1. The largest absolute Gasteiger partial charge is 0.452 e. The zero-order chi connectivity index (χ0) is 20.5. The average Bonchev–Trinajstić information content (AvgIpc) is 3.06. The van der Waals surface area contributed by atoms with E-state index in [2.05, 4.69) is 15.8 Å². The minimum absolute atomic E-state index is 0.0470. The molecule has 0 saturated heterocycles. The molecule has 0 unspecified atom stereocenters. The molecule has 2 N–H and O–H groups in total. The van der Waals surface area contributed by atoms with Gasteiger partial charge in [0.2, 0.25) is 5.91 Å². The second kappa shape index (κ2) is 10.5. The molecule has 1 heterocycles. The fourth-order valence-electron chi connectivity index (χ4n) is 2.18. The zero-order valence-electron chi connectivity index (χ0n) is 16.0. The second-order valence-electron chi connectivity index (χ2n) is 6.04. The molecule has 0 fully saturated rings. The second-order valence-corrected chi connectivity index (χ2v) is 7.02. The normalized spacial score (nSPS) is 11.5. The first-order valence-electron chi connectivity index (χ1n) is 8.77. The summed E-state index contributed by atoms with van der Waals surface area (Å²) >= 11 is 1.08. The number of anilines is 2. The smallest absolute Gasteiger partial charge is 0.316 e. The summed E-state index contributed by atoms with van der Waals surface area (Å²) < 4.78 is 9.95. The van der Waals surface area contributed by atoms with Crippen molar-refractivity contribution in [2.45, 2.75) is 33.3 Å². The maximum absolute atomic E-state index is 12.1. The minimum atomic E-state index is -0.939. The Morgan fingerprint density at radius 1 is 1.18 bits per heavy atom. The third kappa shape index (κ3) is 7.07. The van der Waals surface area contributed by atoms with Crippen molar-refractivity contribution in [1.82, 2.24) is 5.16 Å². The number of aryl methyl sites for hydroxylation is 2. The summed E-state index contributed by atoms with van der Waals surface area (Å²) in [6.45, 7) is 5.26. The van der Waals surface area contributed by atoms with Crippen LogP contribution in [0.1, 0.15) is 25.2 Å². The number of carbonyl (C=O) groups is 3. The highest BCUT2D eigenvalue weighted by atomic mass is 32.2. The van der Waals surface area contributed by atoms with Crippen LogP contribution >= 0.6 is 11.8 Å². The molecule has 1 aromatic carbocycles. The fraction of sp³-hybridized carbons (Fsp3) is 0.368. The number of esters is 1. The van der Waals surface area contributed by atoms with E-state index in [1.165, 1.54) is 6.92 Å². The molecule has 8 nitrogen and oxygen atoms in total. The minimum Gasteiger partial charge on any atom is -0.452 e. The lowest BCUT2D eigenvalue weighted by molar-refractivity contribution is -0.150. The molecule has 0 radical (unpaired) electrons. The Morgan fingerprint density at radius 3 is 2.50 bits per heavy atom. The van der Waals surface area contributed by atoms with Gasteiger partial charge in [0, 0.05) is 11.8 Å². The zero-order valence-corrected chi connectivity index (χ0v) is 16.8. The monoisotopic (exact) mass is 405 g/mol. The Balaban J connectivity index is 1.67. The molecule has 28 heavy (non-hydrogen) atoms. The average molecular weight is 405 g/mol. The van der Waals surface area contributed by atoms with Crippen molar-refractivity contribution >= 4 is 41.1 Å². The molecule has 2 aromatic rings. The SMILES string of the molecule is CCc1ccc(NC(=O)[C@H](C)OC(=O)CSCC(=O)Nc2cc(C)on2)cc1. The van der Waals surface area contributed by atoms with E-state index in [9.17, 15) is 14.4 Å². The first-order valence-corrected chi connectivity index (χ1v) is 9.93. The van der Waals surface area contributed by atoms with Gasteiger partial charge in [-0.3, -0.25) is 14.4 Å². The highest BCUT2D eigenvalue weighted by Gasteiger charge is 2.18. The van der Waals surface area contributed by atoms with Gasteiger partial charge >= 0.3 is 5.97 Å². The van der Waals surface area contributed by atoms with Crippen molar-refractivity contribution in [3.8, 4) is 0 Å². The third-order valence-electron chi connectivity index (χ3n) is 3.66. The van der Waals surface area contributed by atoms with Crippen molar-refractivity contribution in [3.63, 3.8) is 0 Å². The van der Waals surface area contributed by atoms with Gasteiger partial charge in [0.1, 0.15) is 5.76 Å². The summed E-state index contributed by atoms with van der Waals surface area (Å²) in [6.07, 6.45) is -0.0261. The highest BCUT2D eigenvalue weighted by molar-refractivity contribution is 8.00. The van der Waals surface area contributed by atoms with E-state index in [0.29, 0.717) is 17.3 Å². The molecule has 0 spiro atoms. The van der Waals surface area contributed by atoms with E-state index >= 15 is 0 Å². The number of benzene rings is 1. The maximum Gasteiger partial charge on any atom is 0.316 e. The van der Waals surface area contributed by atoms with E-state index in [1.54, 1.807) is 25.1 Å². The highest BCUT2D eigenvalue weighted by Crippen LogP contribution is 2.12. The molecule has 2 rings (SSSR count). The van der Waals surface area contributed by atoms with Gasteiger partial charge in [0.05, 0.1) is 11.5 Å². The van der Waals surface area contributed by atoms with Crippen molar-refractivity contribution < 1.29 is 23.6 Å². The van der Waals surface area contributed by atoms with Crippen LogP contribution in [0.3, 0.4) is 0 Å². The number of ether oxygens (including phenoxy) is 1. The molecular formula is C19H23N3O5S. The molecule has 0 saturated carbocycles. The van der Waals surface area contributed by atoms with Gasteiger partial charge in [-0.05, 0) is 38.0 Å². The third-order valence-corrected chi connectivity index (χ3v) is 4.56. The summed E-state index contributed by atoms with van der Waals surface area (Å²) in [6, 6.07) is 9.04. The number of hydrogen-bond donors (Lipinski definition) is 2. The Hall–Kier alpha value is -2.81. The van der Waals surface area contributed by atoms with Crippen LogP contribution in [0.4, 0.5) is 11.5 Å². The quantitative estimate of drug-likeness (QED) is 0.617. The lowest BCUT2D eigenvalue weighted by atomic mass is 10.1. The molecule has 1 atom stereocenters. The molecule has 0 aliphatic carbocycles. The van der Waals surface area contributed by atoms with Crippen molar-refractivity contribution in [2.75, 3.05) is 22.1 Å². The number of nitrogens with one attached hydrogen (secondary N) is 2. The van der Waals surface area contributed by atoms with E-state index in [1.807, 2.05) is 19.1 Å². The van der Waals surface area contributed by atoms with Crippen LogP contribution in [0.25, 0.3) is 0 Å². The van der Waals surface area contributed by atoms with Crippen LogP contribution in [-0.4, -0.2) is 40.6 Å². The van der Waals surface area contributed by atoms with Gasteiger partial charge in [-0.1, -0.05) is 24.2 Å². The first-order chi connectivity index (χ1) is 13.4. The van der Waals surface area contributed by atoms with Gasteiger partial charge in [-0.15, -0.1) is 11.8 Å². The molecule has 0 aliphatic heterocycles. The van der Waals surface area contributed by atoms with Gasteiger partial charge < -0.3 is 19.9 Å². The molecular weight excluding hydrogens is 382 g/mol. The predicted octanol–water partition coefficient (Wildman–Crippen LogP) is 2.79. The van der Waals surface area contributed by atoms with E-state index in [4.69, 9.17) is 9.26 Å². The maximum atomic E-state index is 12.1. The lowest BCUT2D eigenvalue weighted by Crippen LogP contribution is -2.30. The van der Waals surface area contributed by atoms with E-state index < -0.39 is 18.0 Å². The summed E-state index contributed by atoms with van der Waals surface area (Å²) in [7, 11) is 0. The molecule has 150 valence electrons. The topological polar surface area (TPSA) is 111 Å². The van der Waals surface area contributed by atoms with Gasteiger partial charge in [-0.25, -0.2) is 0 Å². The molecule has 1 aromatic heterocycles. The molecule has 9 heteroatoms. The number of rotatable bonds is 9. The van der Waals surface area contributed by atoms with Crippen LogP contribution in [0.5, 0.6) is 0 Å². The summed E-state index contributed by atoms with van der Waals surface area (Å²) in [5.41, 5.74) is 1.80. The first kappa shape index (κ1) is 21.5. The van der Waals surface area contributed by atoms with E-state index in [0.717, 1.165) is 23.7 Å². The van der Waals surface area contributed by atoms with E-state index in [-0.39, 0.29) is 17.4 Å². The molecule has 0 aliphatic rings. The van der Waals surface area contributed by atoms with Crippen LogP contribution in [0, 0.1) is 6.92 Å². The van der Waals surface area contributed by atoms with Crippen molar-refractivity contribution in [1.29, 1.82) is 0 Å². The lowest BCUT2D eigenvalue weighted by Gasteiger charge is -2.13. The standard InChI is InChI=1S/C19H23N3O5S/c1-4-14-5-7-15(8-6-14)20-19(25)13(3)26-18(24)11-28-10-17(23)21-16-9-12(2)27-22-16/h5-9,13H,4,10-11H2,1-3H3,(H,20,25)(H,21,22,23)/t13-/m0/s1. The fourth-order valence-corrected chi connectivity index (χ4v) is 2.78. The van der Waals surface area contributed by atoms with Crippen LogP contribution in [0.2, 0.25) is 0 Å². The van der Waals surface area contributed by atoms with Gasteiger partial charge in [0.25, 0.3) is 5.91 Å². The number of amides is 2. The van der Waals surface area contributed by atoms with Crippen molar-refractivity contribution in [3.05, 3.63) is 41.7 Å². The Bertz CT molecular complexity index is 819. The van der Waals surface area contributed by atoms with Gasteiger partial charge in [0.15, 0.2) is 11.9 Å². The van der Waals surface area contributed by atoms with Gasteiger partial charge in [-0.2, -0.15) is 0 Å². The molecule has 2 amide bonds. The Kier molecular flexibility index (Phi) is 8.06. The Morgan fingerprint density at radius 2 is 1.89 bits per heavy atom. The Labute approximate surface area is 167 Å². The van der Waals surface area contributed by atoms with Crippen LogP contribution < -0.4 is 10.6 Å². The number of thioether (sulfide) groups is 1. The number of carbonyl (C=O) groups excluding carboxylic acids is 3. The number of aromatic nitrogens is 1. The predicted molar refractivity (Wildman–Crippen MR) is 107 cm³/mol. The summed E-state index contributed by atoms with van der Waals surface area (Å²) in [5, 5.41) is 8.90. The summed E-state index contributed by atoms with van der Waals surface area (Å²) in [5.74, 6) is -0.393. The summed E-state index contributed by atoms with van der Waals surface area (Å²) in [4.78, 5) is 35.7. The van der Waals surface area contributed by atoms with Crippen molar-refractivity contribution in [2.24, 2.45) is 0 Å². The number of hydrogen-bond acceptors (Lipinski definition) is 7.